The summed E-state index contributed by atoms with van der Waals surface area (Å²) in [7, 11) is -3.53. The van der Waals surface area contributed by atoms with Crippen molar-refractivity contribution in [2.24, 2.45) is 10.6 Å². The Morgan fingerprint density at radius 2 is 1.88 bits per heavy atom. The van der Waals surface area contributed by atoms with Crippen LogP contribution in [0.25, 0.3) is 0 Å². The molecule has 25 heavy (non-hydrogen) atoms. The number of sulfonamides is 1. The predicted octanol–water partition coefficient (Wildman–Crippen LogP) is 2.07. The van der Waals surface area contributed by atoms with Crippen molar-refractivity contribution in [3.05, 3.63) is 35.9 Å². The van der Waals surface area contributed by atoms with E-state index in [0.717, 1.165) is 5.56 Å². The molecule has 6 nitrogen and oxygen atoms in total. The molecule has 0 aliphatic carbocycles. The van der Waals surface area contributed by atoms with E-state index in [1.807, 2.05) is 30.3 Å². The molecule has 2 N–H and O–H groups in total. The second-order valence-electron chi connectivity index (χ2n) is 7.66. The first-order chi connectivity index (χ1) is 11.6. The number of nitrogens with zero attached hydrogens (tertiary/aromatic N) is 1. The van der Waals surface area contributed by atoms with E-state index in [0.29, 0.717) is 13.1 Å². The topological polar surface area (TPSA) is 89.7 Å². The standard InChI is InChI=1S/C18H28N2O4S/c1-18(2,3)16-13-20(17(21)10-7-11-25(19,22)23)12-15(24-16)14-8-5-4-6-9-14/h4-6,8-9,15-16H,7,10-13H2,1-3H3,(H2,19,22,23)/t15-,16+/m0/s1. The van der Waals surface area contributed by atoms with Crippen molar-refractivity contribution in [2.75, 3.05) is 18.8 Å². The molecule has 1 heterocycles. The van der Waals surface area contributed by atoms with Crippen LogP contribution in [0.3, 0.4) is 0 Å². The molecule has 1 saturated heterocycles. The fourth-order valence-electron chi connectivity index (χ4n) is 2.88. The molecule has 1 aromatic rings. The van der Waals surface area contributed by atoms with Crippen molar-refractivity contribution in [3.8, 4) is 0 Å². The van der Waals surface area contributed by atoms with Gasteiger partial charge in [-0.15, -0.1) is 0 Å². The monoisotopic (exact) mass is 368 g/mol. The average Bonchev–Trinajstić information content (AvgIpc) is 2.53. The Morgan fingerprint density at radius 1 is 1.24 bits per heavy atom. The lowest BCUT2D eigenvalue weighted by atomic mass is 9.87. The molecule has 0 saturated carbocycles. The first kappa shape index (κ1) is 19.9. The second-order valence-corrected chi connectivity index (χ2v) is 9.39. The van der Waals surface area contributed by atoms with E-state index in [1.54, 1.807) is 4.90 Å². The van der Waals surface area contributed by atoms with Crippen LogP contribution in [0.5, 0.6) is 0 Å². The van der Waals surface area contributed by atoms with Gasteiger partial charge in [-0.1, -0.05) is 51.1 Å². The van der Waals surface area contributed by atoms with Gasteiger partial charge in [-0.2, -0.15) is 0 Å². The van der Waals surface area contributed by atoms with E-state index in [2.05, 4.69) is 20.8 Å². The number of hydrogen-bond acceptors (Lipinski definition) is 4. The van der Waals surface area contributed by atoms with Crippen molar-refractivity contribution in [2.45, 2.75) is 45.8 Å². The van der Waals surface area contributed by atoms with Gasteiger partial charge in [0, 0.05) is 13.0 Å². The third-order valence-electron chi connectivity index (χ3n) is 4.41. The van der Waals surface area contributed by atoms with Gasteiger partial charge in [-0.3, -0.25) is 4.79 Å². The fraction of sp³-hybridized carbons (Fsp3) is 0.611. The van der Waals surface area contributed by atoms with E-state index in [4.69, 9.17) is 9.88 Å². The molecule has 1 amide bonds. The molecule has 0 bridgehead atoms. The number of carbonyl (C=O) groups is 1. The molecular formula is C18H28N2O4S. The minimum Gasteiger partial charge on any atom is -0.366 e. The second kappa shape index (κ2) is 7.85. The third-order valence-corrected chi connectivity index (χ3v) is 5.27. The summed E-state index contributed by atoms with van der Waals surface area (Å²) in [6.45, 7) is 7.27. The van der Waals surface area contributed by atoms with Gasteiger partial charge >= 0.3 is 0 Å². The van der Waals surface area contributed by atoms with Crippen LogP contribution in [0.1, 0.15) is 45.3 Å². The van der Waals surface area contributed by atoms with Gasteiger partial charge in [-0.25, -0.2) is 13.6 Å². The zero-order valence-corrected chi connectivity index (χ0v) is 16.0. The lowest BCUT2D eigenvalue weighted by molar-refractivity contribution is -0.157. The van der Waals surface area contributed by atoms with Crippen molar-refractivity contribution in [3.63, 3.8) is 0 Å². The highest BCUT2D eigenvalue weighted by Crippen LogP contribution is 2.33. The van der Waals surface area contributed by atoms with E-state index >= 15 is 0 Å². The number of primary sulfonamides is 1. The van der Waals surface area contributed by atoms with Crippen molar-refractivity contribution < 1.29 is 17.9 Å². The minimum atomic E-state index is -3.53. The Kier molecular flexibility index (Phi) is 6.24. The molecule has 2 atom stereocenters. The number of amides is 1. The maximum absolute atomic E-state index is 12.6. The van der Waals surface area contributed by atoms with Gasteiger partial charge in [0.25, 0.3) is 0 Å². The van der Waals surface area contributed by atoms with E-state index < -0.39 is 10.0 Å². The zero-order chi connectivity index (χ0) is 18.7. The molecule has 1 fully saturated rings. The van der Waals surface area contributed by atoms with E-state index in [1.165, 1.54) is 0 Å². The first-order valence-electron chi connectivity index (χ1n) is 8.55. The molecule has 2 rings (SSSR count). The molecule has 1 aliphatic heterocycles. The Morgan fingerprint density at radius 3 is 2.44 bits per heavy atom. The first-order valence-corrected chi connectivity index (χ1v) is 10.3. The Hall–Kier alpha value is -1.44. The molecule has 0 aromatic heterocycles. The highest BCUT2D eigenvalue weighted by Gasteiger charge is 2.37. The van der Waals surface area contributed by atoms with Crippen LogP contribution in [0, 0.1) is 5.41 Å². The molecular weight excluding hydrogens is 340 g/mol. The largest absolute Gasteiger partial charge is 0.366 e. The van der Waals surface area contributed by atoms with Crippen molar-refractivity contribution in [1.82, 2.24) is 4.90 Å². The molecule has 0 unspecified atom stereocenters. The van der Waals surface area contributed by atoms with Gasteiger partial charge in [0.05, 0.1) is 18.4 Å². The number of nitrogens with two attached hydrogens (primary N) is 1. The van der Waals surface area contributed by atoms with Crippen LogP contribution in [-0.2, 0) is 19.6 Å². The van der Waals surface area contributed by atoms with Gasteiger partial charge in [-0.05, 0) is 17.4 Å². The predicted molar refractivity (Wildman–Crippen MR) is 97.3 cm³/mol. The van der Waals surface area contributed by atoms with Gasteiger partial charge in [0.1, 0.15) is 6.10 Å². The van der Waals surface area contributed by atoms with Crippen LogP contribution in [-0.4, -0.2) is 44.2 Å². The average molecular weight is 368 g/mol. The van der Waals surface area contributed by atoms with Crippen LogP contribution in [0.15, 0.2) is 30.3 Å². The van der Waals surface area contributed by atoms with Gasteiger partial charge < -0.3 is 9.64 Å². The molecule has 0 radical (unpaired) electrons. The van der Waals surface area contributed by atoms with Crippen LogP contribution in [0.2, 0.25) is 0 Å². The summed E-state index contributed by atoms with van der Waals surface area (Å²) in [5.41, 5.74) is 0.936. The minimum absolute atomic E-state index is 0.0536. The normalized spacial score (nSPS) is 22.0. The Balaban J connectivity index is 2.09. The zero-order valence-electron chi connectivity index (χ0n) is 15.1. The maximum atomic E-state index is 12.6. The van der Waals surface area contributed by atoms with Gasteiger partial charge in [0.2, 0.25) is 15.9 Å². The lowest BCUT2D eigenvalue weighted by Gasteiger charge is -2.43. The van der Waals surface area contributed by atoms with Crippen molar-refractivity contribution in [1.29, 1.82) is 0 Å². The maximum Gasteiger partial charge on any atom is 0.222 e. The summed E-state index contributed by atoms with van der Waals surface area (Å²) in [5.74, 6) is -0.226. The smallest absolute Gasteiger partial charge is 0.222 e. The number of ether oxygens (including phenoxy) is 1. The van der Waals surface area contributed by atoms with Crippen LogP contribution < -0.4 is 5.14 Å². The fourth-order valence-corrected chi connectivity index (χ4v) is 3.42. The summed E-state index contributed by atoms with van der Waals surface area (Å²) >= 11 is 0. The van der Waals surface area contributed by atoms with E-state index in [-0.39, 0.29) is 42.1 Å². The van der Waals surface area contributed by atoms with Crippen LogP contribution >= 0.6 is 0 Å². The Bertz CT molecular complexity index is 683. The molecule has 140 valence electrons. The summed E-state index contributed by atoms with van der Waals surface area (Å²) in [4.78, 5) is 14.4. The summed E-state index contributed by atoms with van der Waals surface area (Å²) in [6, 6.07) is 9.86. The SMILES string of the molecule is CC(C)(C)[C@H]1CN(C(=O)CCCS(N)(=O)=O)C[C@@H](c2ccccc2)O1. The number of carbonyl (C=O) groups excluding carboxylic acids is 1. The molecule has 1 aliphatic rings. The van der Waals surface area contributed by atoms with Crippen molar-refractivity contribution >= 4 is 15.9 Å². The number of benzene rings is 1. The molecule has 0 spiro atoms. The number of morpholine rings is 1. The Labute approximate surface area is 150 Å². The lowest BCUT2D eigenvalue weighted by Crippen LogP contribution is -2.51. The van der Waals surface area contributed by atoms with Gasteiger partial charge in [0.15, 0.2) is 0 Å². The summed E-state index contributed by atoms with van der Waals surface area (Å²) in [5, 5.41) is 5.00. The summed E-state index contributed by atoms with van der Waals surface area (Å²) < 4.78 is 28.4. The third kappa shape index (κ3) is 6.09. The highest BCUT2D eigenvalue weighted by molar-refractivity contribution is 7.89. The quantitative estimate of drug-likeness (QED) is 0.861. The molecule has 1 aromatic carbocycles. The number of rotatable bonds is 5. The summed E-state index contributed by atoms with van der Waals surface area (Å²) in [6.07, 6.45) is 0.148. The highest BCUT2D eigenvalue weighted by atomic mass is 32.2. The number of hydrogen-bond donors (Lipinski definition) is 1. The molecule has 7 heteroatoms. The van der Waals surface area contributed by atoms with Crippen LogP contribution in [0.4, 0.5) is 0 Å². The van der Waals surface area contributed by atoms with E-state index in [9.17, 15) is 13.2 Å².